The van der Waals surface area contributed by atoms with E-state index in [9.17, 15) is 4.39 Å². The highest BCUT2D eigenvalue weighted by atomic mass is 19.1. The van der Waals surface area contributed by atoms with Crippen LogP contribution >= 0.6 is 0 Å². The van der Waals surface area contributed by atoms with Crippen LogP contribution in [0.25, 0.3) is 0 Å². The van der Waals surface area contributed by atoms with Crippen molar-refractivity contribution in [1.82, 2.24) is 25.1 Å². The van der Waals surface area contributed by atoms with Gasteiger partial charge in [-0.25, -0.2) is 9.07 Å². The summed E-state index contributed by atoms with van der Waals surface area (Å²) in [7, 11) is 0. The number of anilines is 1. The fourth-order valence-corrected chi connectivity index (χ4v) is 3.84. The summed E-state index contributed by atoms with van der Waals surface area (Å²) in [5.41, 5.74) is 1.84. The Hall–Kier alpha value is -2.80. The molecule has 0 spiro atoms. The first-order valence-corrected chi connectivity index (χ1v) is 9.71. The minimum atomic E-state index is -0.167. The number of halogens is 1. The first-order valence-electron chi connectivity index (χ1n) is 9.71. The molecular formula is C21H25FN6. The summed E-state index contributed by atoms with van der Waals surface area (Å²) in [6.45, 7) is 7.29. The van der Waals surface area contributed by atoms with Crippen molar-refractivity contribution >= 4 is 5.69 Å². The molecule has 1 aliphatic heterocycles. The zero-order valence-electron chi connectivity index (χ0n) is 16.2. The number of benzene rings is 2. The highest BCUT2D eigenvalue weighted by Gasteiger charge is 2.31. The van der Waals surface area contributed by atoms with Crippen molar-refractivity contribution in [3.8, 4) is 0 Å². The molecule has 1 aromatic heterocycles. The van der Waals surface area contributed by atoms with Crippen LogP contribution < -0.4 is 4.90 Å². The van der Waals surface area contributed by atoms with Gasteiger partial charge in [0.05, 0.1) is 17.8 Å². The van der Waals surface area contributed by atoms with Crippen LogP contribution in [0, 0.1) is 5.82 Å². The second-order valence-corrected chi connectivity index (χ2v) is 7.36. The topological polar surface area (TPSA) is 50.1 Å². The SMILES string of the molecule is CC(C)n1nnnc1C(c1ccccc1)N1CCN(c2ccccc2F)CC1. The molecule has 0 N–H and O–H groups in total. The number of aromatic nitrogens is 4. The number of para-hydroxylation sites is 1. The maximum atomic E-state index is 14.2. The van der Waals surface area contributed by atoms with E-state index in [4.69, 9.17) is 0 Å². The van der Waals surface area contributed by atoms with Gasteiger partial charge < -0.3 is 4.90 Å². The second-order valence-electron chi connectivity index (χ2n) is 7.36. The minimum absolute atomic E-state index is 0.0265. The number of tetrazole rings is 1. The van der Waals surface area contributed by atoms with Crippen molar-refractivity contribution in [2.45, 2.75) is 25.9 Å². The summed E-state index contributed by atoms with van der Waals surface area (Å²) in [5, 5.41) is 12.5. The summed E-state index contributed by atoms with van der Waals surface area (Å²) < 4.78 is 16.1. The summed E-state index contributed by atoms with van der Waals surface area (Å²) in [5.74, 6) is 0.680. The normalized spacial score (nSPS) is 16.5. The van der Waals surface area contributed by atoms with Crippen LogP contribution in [-0.2, 0) is 0 Å². The monoisotopic (exact) mass is 380 g/mol. The zero-order valence-corrected chi connectivity index (χ0v) is 16.2. The third-order valence-corrected chi connectivity index (χ3v) is 5.24. The molecule has 28 heavy (non-hydrogen) atoms. The van der Waals surface area contributed by atoms with E-state index >= 15 is 0 Å². The number of nitrogens with zero attached hydrogens (tertiary/aromatic N) is 6. The van der Waals surface area contributed by atoms with Crippen molar-refractivity contribution in [2.24, 2.45) is 0 Å². The molecule has 0 saturated carbocycles. The zero-order chi connectivity index (χ0) is 19.5. The van der Waals surface area contributed by atoms with Gasteiger partial charge in [0.25, 0.3) is 0 Å². The lowest BCUT2D eigenvalue weighted by Crippen LogP contribution is -2.48. The molecule has 4 rings (SSSR count). The molecule has 3 aromatic rings. The summed E-state index contributed by atoms with van der Waals surface area (Å²) in [6, 6.07) is 17.5. The number of rotatable bonds is 5. The molecule has 2 heterocycles. The second kappa shape index (κ2) is 8.06. The summed E-state index contributed by atoms with van der Waals surface area (Å²) in [6.07, 6.45) is 0. The molecule has 1 aliphatic rings. The van der Waals surface area contributed by atoms with Crippen LogP contribution in [-0.4, -0.2) is 51.3 Å². The van der Waals surface area contributed by atoms with Gasteiger partial charge >= 0.3 is 0 Å². The lowest BCUT2D eigenvalue weighted by molar-refractivity contribution is 0.198. The first-order chi connectivity index (χ1) is 13.6. The Morgan fingerprint density at radius 1 is 0.893 bits per heavy atom. The third-order valence-electron chi connectivity index (χ3n) is 5.24. The van der Waals surface area contributed by atoms with Crippen LogP contribution in [0.15, 0.2) is 54.6 Å². The van der Waals surface area contributed by atoms with Crippen molar-refractivity contribution in [1.29, 1.82) is 0 Å². The summed E-state index contributed by atoms with van der Waals surface area (Å²) >= 11 is 0. The lowest BCUT2D eigenvalue weighted by atomic mass is 10.0. The van der Waals surface area contributed by atoms with E-state index in [-0.39, 0.29) is 17.9 Å². The fraction of sp³-hybridized carbons (Fsp3) is 0.381. The fourth-order valence-electron chi connectivity index (χ4n) is 3.84. The molecule has 0 radical (unpaired) electrons. The average Bonchev–Trinajstić information content (AvgIpc) is 3.20. The van der Waals surface area contributed by atoms with E-state index in [1.807, 2.05) is 35.0 Å². The van der Waals surface area contributed by atoms with Crippen molar-refractivity contribution < 1.29 is 4.39 Å². The van der Waals surface area contributed by atoms with Crippen LogP contribution in [0.1, 0.15) is 37.3 Å². The first kappa shape index (κ1) is 18.6. The number of hydrogen-bond acceptors (Lipinski definition) is 5. The Morgan fingerprint density at radius 2 is 1.57 bits per heavy atom. The molecule has 2 aromatic carbocycles. The molecule has 1 atom stereocenters. The van der Waals surface area contributed by atoms with Gasteiger partial charge in [-0.3, -0.25) is 4.90 Å². The van der Waals surface area contributed by atoms with Gasteiger partial charge in [0, 0.05) is 26.2 Å². The van der Waals surface area contributed by atoms with Gasteiger partial charge in [0.1, 0.15) is 5.82 Å². The van der Waals surface area contributed by atoms with E-state index < -0.39 is 0 Å². The van der Waals surface area contributed by atoms with Crippen LogP contribution in [0.5, 0.6) is 0 Å². The highest BCUT2D eigenvalue weighted by molar-refractivity contribution is 5.48. The van der Waals surface area contributed by atoms with E-state index in [1.54, 1.807) is 6.07 Å². The number of hydrogen-bond donors (Lipinski definition) is 0. The van der Waals surface area contributed by atoms with Gasteiger partial charge in [-0.05, 0) is 42.0 Å². The minimum Gasteiger partial charge on any atom is -0.367 e. The molecule has 7 heteroatoms. The average molecular weight is 380 g/mol. The van der Waals surface area contributed by atoms with Gasteiger partial charge in [0.2, 0.25) is 0 Å². The van der Waals surface area contributed by atoms with E-state index in [2.05, 4.69) is 51.3 Å². The standard InChI is InChI=1S/C21H25FN6/c1-16(2)28-21(23-24-25-28)20(17-8-4-3-5-9-17)27-14-12-26(13-15-27)19-11-7-6-10-18(19)22/h3-11,16,20H,12-15H2,1-2H3. The maximum Gasteiger partial charge on any atom is 0.173 e. The predicted octanol–water partition coefficient (Wildman–Crippen LogP) is 3.30. The molecule has 1 unspecified atom stereocenters. The lowest BCUT2D eigenvalue weighted by Gasteiger charge is -2.40. The van der Waals surface area contributed by atoms with Crippen LogP contribution in [0.2, 0.25) is 0 Å². The Labute approximate surface area is 164 Å². The molecular weight excluding hydrogens is 355 g/mol. The Bertz CT molecular complexity index is 902. The Morgan fingerprint density at radius 3 is 2.25 bits per heavy atom. The van der Waals surface area contributed by atoms with Crippen LogP contribution in [0.4, 0.5) is 10.1 Å². The van der Waals surface area contributed by atoms with E-state index in [1.165, 1.54) is 11.6 Å². The highest BCUT2D eigenvalue weighted by Crippen LogP contribution is 2.30. The molecule has 0 aliphatic carbocycles. The predicted molar refractivity (Wildman–Crippen MR) is 107 cm³/mol. The Balaban J connectivity index is 1.60. The third kappa shape index (κ3) is 3.62. The van der Waals surface area contributed by atoms with E-state index in [0.717, 1.165) is 32.0 Å². The molecule has 1 saturated heterocycles. The maximum absolute atomic E-state index is 14.2. The molecule has 0 bridgehead atoms. The van der Waals surface area contributed by atoms with Crippen molar-refractivity contribution in [3.05, 3.63) is 71.8 Å². The van der Waals surface area contributed by atoms with Gasteiger partial charge in [-0.2, -0.15) is 0 Å². The molecule has 146 valence electrons. The smallest absolute Gasteiger partial charge is 0.173 e. The molecule has 0 amide bonds. The van der Waals surface area contributed by atoms with Gasteiger partial charge in [-0.1, -0.05) is 42.5 Å². The van der Waals surface area contributed by atoms with Gasteiger partial charge in [-0.15, -0.1) is 5.10 Å². The largest absolute Gasteiger partial charge is 0.367 e. The Kier molecular flexibility index (Phi) is 5.34. The number of piperazine rings is 1. The summed E-state index contributed by atoms with van der Waals surface area (Å²) in [4.78, 5) is 4.50. The van der Waals surface area contributed by atoms with Crippen molar-refractivity contribution in [3.63, 3.8) is 0 Å². The van der Waals surface area contributed by atoms with Crippen LogP contribution in [0.3, 0.4) is 0 Å². The van der Waals surface area contributed by atoms with Crippen molar-refractivity contribution in [2.75, 3.05) is 31.1 Å². The quantitative estimate of drug-likeness (QED) is 0.680. The molecule has 1 fully saturated rings. The van der Waals surface area contributed by atoms with E-state index in [0.29, 0.717) is 5.69 Å². The molecule has 6 nitrogen and oxygen atoms in total. The van der Waals surface area contributed by atoms with Gasteiger partial charge in [0.15, 0.2) is 5.82 Å².